The molecule has 1 saturated heterocycles. The van der Waals surface area contributed by atoms with Gasteiger partial charge in [-0.15, -0.1) is 0 Å². The summed E-state index contributed by atoms with van der Waals surface area (Å²) < 4.78 is 3.59. The summed E-state index contributed by atoms with van der Waals surface area (Å²) in [4.78, 5) is 19.3. The molecule has 3 aromatic heterocycles. The van der Waals surface area contributed by atoms with E-state index in [0.717, 1.165) is 65.1 Å². The Kier molecular flexibility index (Phi) is 3.96. The largest absolute Gasteiger partial charge is 0.356 e. The molecule has 5 rings (SSSR count). The maximum atomic E-state index is 12.4. The van der Waals surface area contributed by atoms with Crippen molar-refractivity contribution in [3.63, 3.8) is 0 Å². The number of fused-ring (bicyclic) bond motifs is 2. The van der Waals surface area contributed by atoms with Crippen LogP contribution >= 0.6 is 11.8 Å². The lowest BCUT2D eigenvalue weighted by atomic mass is 10.00. The fourth-order valence-electron chi connectivity index (χ4n) is 3.92. The number of anilines is 1. The highest BCUT2D eigenvalue weighted by molar-refractivity contribution is 7.98. The Labute approximate surface area is 161 Å². The number of hydrogen-bond donors (Lipinski definition) is 0. The molecule has 8 heteroatoms. The minimum Gasteiger partial charge on any atom is -0.356 e. The molecule has 0 amide bonds. The second-order valence-electron chi connectivity index (χ2n) is 7.52. The molecule has 0 spiro atoms. The Bertz CT molecular complexity index is 1080. The Morgan fingerprint density at radius 3 is 2.85 bits per heavy atom. The molecule has 0 N–H and O–H groups in total. The van der Waals surface area contributed by atoms with Gasteiger partial charge in [0, 0.05) is 55.1 Å². The third-order valence-electron chi connectivity index (χ3n) is 5.28. The summed E-state index contributed by atoms with van der Waals surface area (Å²) in [5.41, 5.74) is 5.09. The molecule has 3 aromatic rings. The van der Waals surface area contributed by atoms with Crippen molar-refractivity contribution in [3.8, 4) is 0 Å². The number of aryl methyl sites for hydroxylation is 3. The van der Waals surface area contributed by atoms with Crippen LogP contribution in [0.3, 0.4) is 0 Å². The smallest absolute Gasteiger partial charge is 0.267 e. The number of aromatic nitrogens is 5. The molecule has 0 aliphatic carbocycles. The van der Waals surface area contributed by atoms with Crippen LogP contribution in [-0.4, -0.2) is 43.2 Å². The molecule has 140 valence electrons. The van der Waals surface area contributed by atoms with Gasteiger partial charge in [-0.05, 0) is 25.2 Å². The monoisotopic (exact) mass is 382 g/mol. The first kappa shape index (κ1) is 16.8. The summed E-state index contributed by atoms with van der Waals surface area (Å²) in [7, 11) is 0. The zero-order chi connectivity index (χ0) is 18.5. The molecule has 7 nitrogen and oxygen atoms in total. The fraction of sp³-hybridized carbons (Fsp3) is 0.474. The molecular weight excluding hydrogens is 360 g/mol. The predicted molar refractivity (Wildman–Crippen MR) is 107 cm³/mol. The fourth-order valence-corrected chi connectivity index (χ4v) is 4.87. The van der Waals surface area contributed by atoms with Gasteiger partial charge in [-0.2, -0.15) is 26.5 Å². The van der Waals surface area contributed by atoms with E-state index in [1.165, 1.54) is 0 Å². The normalized spacial score (nSPS) is 17.2. The third kappa shape index (κ3) is 3.01. The lowest BCUT2D eigenvalue weighted by Gasteiger charge is -2.40. The topological polar surface area (TPSA) is 68.3 Å². The van der Waals surface area contributed by atoms with Crippen LogP contribution in [0.2, 0.25) is 0 Å². The first-order valence-electron chi connectivity index (χ1n) is 9.33. The molecule has 0 radical (unpaired) electrons. The highest BCUT2D eigenvalue weighted by Crippen LogP contribution is 2.27. The first-order chi connectivity index (χ1) is 13.1. The van der Waals surface area contributed by atoms with Gasteiger partial charge < -0.3 is 4.90 Å². The highest BCUT2D eigenvalue weighted by Gasteiger charge is 2.30. The van der Waals surface area contributed by atoms with E-state index in [2.05, 4.69) is 26.1 Å². The van der Waals surface area contributed by atoms with Gasteiger partial charge in [0.15, 0.2) is 5.65 Å². The van der Waals surface area contributed by atoms with Gasteiger partial charge >= 0.3 is 0 Å². The van der Waals surface area contributed by atoms with Crippen molar-refractivity contribution >= 4 is 23.2 Å². The maximum Gasteiger partial charge on any atom is 0.267 e. The van der Waals surface area contributed by atoms with Crippen molar-refractivity contribution in [2.45, 2.75) is 32.6 Å². The minimum atomic E-state index is 0.0274. The van der Waals surface area contributed by atoms with Crippen molar-refractivity contribution < 1.29 is 0 Å². The molecule has 1 fully saturated rings. The molecule has 0 bridgehead atoms. The molecule has 2 aliphatic heterocycles. The van der Waals surface area contributed by atoms with Crippen molar-refractivity contribution in [3.05, 3.63) is 51.2 Å². The van der Waals surface area contributed by atoms with Crippen LogP contribution in [0.15, 0.2) is 23.0 Å². The van der Waals surface area contributed by atoms with E-state index in [0.29, 0.717) is 12.5 Å². The summed E-state index contributed by atoms with van der Waals surface area (Å²) in [6.07, 6.45) is 0.962. The second kappa shape index (κ2) is 6.37. The summed E-state index contributed by atoms with van der Waals surface area (Å²) in [6.45, 7) is 6.48. The third-order valence-corrected chi connectivity index (χ3v) is 6.28. The lowest BCUT2D eigenvalue weighted by Crippen LogP contribution is -2.50. The van der Waals surface area contributed by atoms with Gasteiger partial charge in [0.05, 0.1) is 17.9 Å². The predicted octanol–water partition coefficient (Wildman–Crippen LogP) is 1.83. The molecular formula is C19H22N6OS. The Balaban J connectivity index is 1.34. The molecule has 0 atom stereocenters. The van der Waals surface area contributed by atoms with E-state index >= 15 is 0 Å². The van der Waals surface area contributed by atoms with Crippen LogP contribution in [0.25, 0.3) is 5.65 Å². The van der Waals surface area contributed by atoms with Crippen LogP contribution in [0.4, 0.5) is 5.82 Å². The Hall–Kier alpha value is -2.35. The molecule has 0 unspecified atom stereocenters. The van der Waals surface area contributed by atoms with Gasteiger partial charge in [0.25, 0.3) is 5.56 Å². The summed E-state index contributed by atoms with van der Waals surface area (Å²) in [5.74, 6) is 3.50. The van der Waals surface area contributed by atoms with Gasteiger partial charge in [-0.1, -0.05) is 0 Å². The lowest BCUT2D eigenvalue weighted by molar-refractivity contribution is 0.329. The SMILES string of the molecule is Cc1cc(N2CC(Cn3nc4c(cc3=O)CSCC4)C2)n2nc(C)cc2n1. The van der Waals surface area contributed by atoms with Crippen molar-refractivity contribution in [2.75, 3.05) is 23.7 Å². The van der Waals surface area contributed by atoms with E-state index in [1.54, 1.807) is 10.7 Å². The number of hydrogen-bond acceptors (Lipinski definition) is 6. The second-order valence-corrected chi connectivity index (χ2v) is 8.63. The zero-order valence-electron chi connectivity index (χ0n) is 15.6. The quantitative estimate of drug-likeness (QED) is 0.688. The summed E-state index contributed by atoms with van der Waals surface area (Å²) in [6, 6.07) is 5.87. The molecule has 0 aromatic carbocycles. The van der Waals surface area contributed by atoms with Crippen LogP contribution in [0.5, 0.6) is 0 Å². The van der Waals surface area contributed by atoms with Crippen LogP contribution in [0.1, 0.15) is 22.6 Å². The first-order valence-corrected chi connectivity index (χ1v) is 10.5. The highest BCUT2D eigenvalue weighted by atomic mass is 32.2. The average Bonchev–Trinajstić information content (AvgIpc) is 2.97. The molecule has 5 heterocycles. The summed E-state index contributed by atoms with van der Waals surface area (Å²) >= 11 is 1.88. The van der Waals surface area contributed by atoms with Crippen molar-refractivity contribution in [2.24, 2.45) is 5.92 Å². The number of nitrogens with zero attached hydrogens (tertiary/aromatic N) is 6. The molecule has 0 saturated carbocycles. The standard InChI is InChI=1S/C19H22N6OS/c1-12-6-18(25-17(20-12)5-13(2)21-25)23-8-14(9-23)10-24-19(26)7-15-11-27-4-3-16(15)22-24/h5-7,14H,3-4,8-11H2,1-2H3. The summed E-state index contributed by atoms with van der Waals surface area (Å²) in [5, 5.41) is 9.22. The number of rotatable bonds is 3. The maximum absolute atomic E-state index is 12.4. The van der Waals surface area contributed by atoms with Gasteiger partial charge in [0.2, 0.25) is 0 Å². The minimum absolute atomic E-state index is 0.0274. The van der Waals surface area contributed by atoms with E-state index in [9.17, 15) is 4.79 Å². The molecule has 2 aliphatic rings. The van der Waals surface area contributed by atoms with Gasteiger partial charge in [-0.3, -0.25) is 4.79 Å². The van der Waals surface area contributed by atoms with Gasteiger partial charge in [0.1, 0.15) is 5.82 Å². The van der Waals surface area contributed by atoms with Crippen LogP contribution in [0, 0.1) is 19.8 Å². The van der Waals surface area contributed by atoms with Gasteiger partial charge in [-0.25, -0.2) is 9.67 Å². The average molecular weight is 382 g/mol. The zero-order valence-corrected chi connectivity index (χ0v) is 16.4. The molecule has 27 heavy (non-hydrogen) atoms. The Morgan fingerprint density at radius 1 is 1.15 bits per heavy atom. The van der Waals surface area contributed by atoms with E-state index in [1.807, 2.05) is 36.2 Å². The van der Waals surface area contributed by atoms with E-state index in [4.69, 9.17) is 0 Å². The number of thioether (sulfide) groups is 1. The Morgan fingerprint density at radius 2 is 2.00 bits per heavy atom. The van der Waals surface area contributed by atoms with Crippen LogP contribution < -0.4 is 10.5 Å². The van der Waals surface area contributed by atoms with E-state index in [-0.39, 0.29) is 5.56 Å². The van der Waals surface area contributed by atoms with E-state index < -0.39 is 0 Å². The van der Waals surface area contributed by atoms with Crippen molar-refractivity contribution in [1.82, 2.24) is 24.4 Å². The van der Waals surface area contributed by atoms with Crippen molar-refractivity contribution in [1.29, 1.82) is 0 Å². The van der Waals surface area contributed by atoms with Crippen LogP contribution in [-0.2, 0) is 18.7 Å².